The fourth-order valence-electron chi connectivity index (χ4n) is 3.51. The monoisotopic (exact) mass is 398 g/mol. The maximum Gasteiger partial charge on any atom is 0.251 e. The number of hydrogen-bond acceptors (Lipinski definition) is 4. The van der Waals surface area contributed by atoms with Crippen LogP contribution in [0.1, 0.15) is 29.0 Å². The van der Waals surface area contributed by atoms with E-state index in [1.807, 2.05) is 67.7 Å². The van der Waals surface area contributed by atoms with Crippen molar-refractivity contribution in [3.05, 3.63) is 72.1 Å². The van der Waals surface area contributed by atoms with Crippen LogP contribution in [-0.4, -0.2) is 27.6 Å². The SMILES string of the molecule is Cc1onc(-c2ccccc2)c1-c1c[nH]c(-c2ccc(C(=O)NCC3CC3)cc2)n1. The summed E-state index contributed by atoms with van der Waals surface area (Å²) < 4.78 is 5.46. The lowest BCUT2D eigenvalue weighted by atomic mass is 10.0. The van der Waals surface area contributed by atoms with Gasteiger partial charge in [0.25, 0.3) is 5.91 Å². The summed E-state index contributed by atoms with van der Waals surface area (Å²) in [6.07, 6.45) is 4.30. The molecule has 5 rings (SSSR count). The number of nitrogens with zero attached hydrogens (tertiary/aromatic N) is 2. The number of carbonyl (C=O) groups excluding carboxylic acids is 1. The Morgan fingerprint density at radius 1 is 1.10 bits per heavy atom. The second kappa shape index (κ2) is 7.63. The van der Waals surface area contributed by atoms with Crippen molar-refractivity contribution in [3.8, 4) is 33.9 Å². The Labute approximate surface area is 174 Å². The summed E-state index contributed by atoms with van der Waals surface area (Å²) in [6.45, 7) is 2.65. The smallest absolute Gasteiger partial charge is 0.251 e. The summed E-state index contributed by atoms with van der Waals surface area (Å²) >= 11 is 0. The number of aromatic nitrogens is 3. The molecule has 0 unspecified atom stereocenters. The largest absolute Gasteiger partial charge is 0.360 e. The average molecular weight is 398 g/mol. The maximum absolute atomic E-state index is 12.2. The first-order valence-electron chi connectivity index (χ1n) is 10.1. The van der Waals surface area contributed by atoms with E-state index >= 15 is 0 Å². The van der Waals surface area contributed by atoms with Crippen molar-refractivity contribution in [1.82, 2.24) is 20.4 Å². The normalized spacial score (nSPS) is 13.4. The van der Waals surface area contributed by atoms with Gasteiger partial charge in [-0.3, -0.25) is 4.79 Å². The van der Waals surface area contributed by atoms with Gasteiger partial charge in [-0.1, -0.05) is 47.6 Å². The van der Waals surface area contributed by atoms with Gasteiger partial charge in [0.05, 0.1) is 11.3 Å². The Hall–Kier alpha value is -3.67. The minimum Gasteiger partial charge on any atom is -0.360 e. The molecule has 2 N–H and O–H groups in total. The van der Waals surface area contributed by atoms with Gasteiger partial charge >= 0.3 is 0 Å². The number of rotatable bonds is 6. The van der Waals surface area contributed by atoms with Gasteiger partial charge in [-0.25, -0.2) is 4.98 Å². The minimum atomic E-state index is -0.0267. The lowest BCUT2D eigenvalue weighted by molar-refractivity contribution is 0.0952. The Bertz CT molecular complexity index is 1170. The van der Waals surface area contributed by atoms with Crippen LogP contribution in [0.3, 0.4) is 0 Å². The van der Waals surface area contributed by atoms with Gasteiger partial charge < -0.3 is 14.8 Å². The number of imidazole rings is 1. The zero-order valence-corrected chi connectivity index (χ0v) is 16.7. The Balaban J connectivity index is 1.39. The topological polar surface area (TPSA) is 83.8 Å². The van der Waals surface area contributed by atoms with E-state index < -0.39 is 0 Å². The van der Waals surface area contributed by atoms with E-state index in [2.05, 4.69) is 15.5 Å². The van der Waals surface area contributed by atoms with Crippen LogP contribution >= 0.6 is 0 Å². The molecule has 0 bridgehead atoms. The van der Waals surface area contributed by atoms with Gasteiger partial charge in [0.1, 0.15) is 17.3 Å². The number of aryl methyl sites for hydroxylation is 1. The Kier molecular flexibility index (Phi) is 4.67. The highest BCUT2D eigenvalue weighted by molar-refractivity contribution is 5.94. The number of carbonyl (C=O) groups is 1. The molecular weight excluding hydrogens is 376 g/mol. The first kappa shape index (κ1) is 18.4. The van der Waals surface area contributed by atoms with Crippen LogP contribution in [-0.2, 0) is 0 Å². The van der Waals surface area contributed by atoms with Crippen LogP contribution in [0.5, 0.6) is 0 Å². The van der Waals surface area contributed by atoms with E-state index in [4.69, 9.17) is 9.51 Å². The van der Waals surface area contributed by atoms with Crippen LogP contribution in [0.15, 0.2) is 65.3 Å². The highest BCUT2D eigenvalue weighted by Gasteiger charge is 2.22. The first-order valence-corrected chi connectivity index (χ1v) is 10.1. The zero-order chi connectivity index (χ0) is 20.5. The molecule has 1 saturated carbocycles. The second-order valence-corrected chi connectivity index (χ2v) is 7.69. The van der Waals surface area contributed by atoms with E-state index in [-0.39, 0.29) is 5.91 Å². The summed E-state index contributed by atoms with van der Waals surface area (Å²) in [5.41, 5.74) is 4.97. The number of amides is 1. The molecule has 1 aliphatic rings. The van der Waals surface area contributed by atoms with Gasteiger partial charge in [0.2, 0.25) is 0 Å². The van der Waals surface area contributed by atoms with Crippen molar-refractivity contribution >= 4 is 5.91 Å². The van der Waals surface area contributed by atoms with Crippen molar-refractivity contribution in [3.63, 3.8) is 0 Å². The van der Waals surface area contributed by atoms with E-state index in [0.29, 0.717) is 11.5 Å². The summed E-state index contributed by atoms with van der Waals surface area (Å²) in [6, 6.07) is 17.4. The number of nitrogens with one attached hydrogen (secondary N) is 2. The molecule has 2 heterocycles. The van der Waals surface area contributed by atoms with Crippen LogP contribution in [0.2, 0.25) is 0 Å². The predicted molar refractivity (Wildman–Crippen MR) is 115 cm³/mol. The third kappa shape index (κ3) is 3.64. The van der Waals surface area contributed by atoms with Crippen LogP contribution in [0.4, 0.5) is 0 Å². The minimum absolute atomic E-state index is 0.0267. The summed E-state index contributed by atoms with van der Waals surface area (Å²) in [7, 11) is 0. The van der Waals surface area contributed by atoms with Crippen molar-refractivity contribution in [1.29, 1.82) is 0 Å². The quantitative estimate of drug-likeness (QED) is 0.486. The van der Waals surface area contributed by atoms with E-state index in [9.17, 15) is 4.79 Å². The molecule has 1 fully saturated rings. The zero-order valence-electron chi connectivity index (χ0n) is 16.7. The highest BCUT2D eigenvalue weighted by Crippen LogP contribution is 2.34. The number of benzene rings is 2. The molecule has 1 amide bonds. The Morgan fingerprint density at radius 3 is 2.60 bits per heavy atom. The summed E-state index contributed by atoms with van der Waals surface area (Å²) in [5, 5.41) is 7.23. The van der Waals surface area contributed by atoms with E-state index in [1.165, 1.54) is 12.8 Å². The molecule has 0 saturated heterocycles. The van der Waals surface area contributed by atoms with Crippen LogP contribution in [0.25, 0.3) is 33.9 Å². The fraction of sp³-hybridized carbons (Fsp3) is 0.208. The summed E-state index contributed by atoms with van der Waals surface area (Å²) in [4.78, 5) is 20.2. The van der Waals surface area contributed by atoms with Crippen molar-refractivity contribution < 1.29 is 9.32 Å². The molecule has 2 aromatic carbocycles. The molecule has 0 radical (unpaired) electrons. The average Bonchev–Trinajstić information content (AvgIpc) is 3.35. The predicted octanol–water partition coefficient (Wildman–Crippen LogP) is 4.85. The number of hydrogen-bond donors (Lipinski definition) is 2. The Morgan fingerprint density at radius 2 is 1.87 bits per heavy atom. The molecule has 0 atom stereocenters. The van der Waals surface area contributed by atoms with Crippen LogP contribution in [0, 0.1) is 12.8 Å². The lowest BCUT2D eigenvalue weighted by Crippen LogP contribution is -2.25. The molecule has 1 aliphatic carbocycles. The summed E-state index contributed by atoms with van der Waals surface area (Å²) in [5.74, 6) is 2.08. The van der Waals surface area contributed by atoms with E-state index in [0.717, 1.165) is 46.2 Å². The molecule has 30 heavy (non-hydrogen) atoms. The van der Waals surface area contributed by atoms with Gasteiger partial charge in [0.15, 0.2) is 0 Å². The van der Waals surface area contributed by atoms with E-state index in [1.54, 1.807) is 0 Å². The fourth-order valence-corrected chi connectivity index (χ4v) is 3.51. The van der Waals surface area contributed by atoms with Crippen molar-refractivity contribution in [2.75, 3.05) is 6.54 Å². The standard InChI is InChI=1S/C24H22N4O2/c1-15-21(22(28-30-15)17-5-3-2-4-6-17)20-14-25-23(27-20)18-9-11-19(12-10-18)24(29)26-13-16-7-8-16/h2-6,9-12,14,16H,7-8,13H2,1H3,(H,25,27)(H,26,29). The molecule has 0 aliphatic heterocycles. The molecule has 150 valence electrons. The molecule has 0 spiro atoms. The third-order valence-corrected chi connectivity index (χ3v) is 5.41. The van der Waals surface area contributed by atoms with Crippen molar-refractivity contribution in [2.45, 2.75) is 19.8 Å². The number of aromatic amines is 1. The second-order valence-electron chi connectivity index (χ2n) is 7.69. The van der Waals surface area contributed by atoms with Crippen molar-refractivity contribution in [2.24, 2.45) is 5.92 Å². The highest BCUT2D eigenvalue weighted by atomic mass is 16.5. The van der Waals surface area contributed by atoms with Gasteiger partial charge in [-0.15, -0.1) is 0 Å². The van der Waals surface area contributed by atoms with Gasteiger partial charge in [0, 0.05) is 29.4 Å². The van der Waals surface area contributed by atoms with Crippen LogP contribution < -0.4 is 5.32 Å². The maximum atomic E-state index is 12.2. The molecule has 6 heteroatoms. The van der Waals surface area contributed by atoms with Gasteiger partial charge in [-0.2, -0.15) is 0 Å². The first-order chi connectivity index (χ1) is 14.7. The molecule has 6 nitrogen and oxygen atoms in total. The van der Waals surface area contributed by atoms with Gasteiger partial charge in [-0.05, 0) is 37.8 Å². The molecule has 4 aromatic rings. The number of H-pyrrole nitrogens is 1. The lowest BCUT2D eigenvalue weighted by Gasteiger charge is -2.04. The molecule has 2 aromatic heterocycles. The molecular formula is C24H22N4O2. The third-order valence-electron chi connectivity index (χ3n) is 5.41.